The maximum Gasteiger partial charge on any atom is 0.456 e. The van der Waals surface area contributed by atoms with Crippen molar-refractivity contribution in [2.75, 3.05) is 13.1 Å². The molecule has 0 bridgehead atoms. The fourth-order valence-electron chi connectivity index (χ4n) is 5.10. The Morgan fingerprint density at radius 2 is 1.63 bits per heavy atom. The van der Waals surface area contributed by atoms with E-state index in [2.05, 4.69) is 5.32 Å². The second-order valence-corrected chi connectivity index (χ2v) is 9.63. The molecular formula is C23H23F6N3O3. The molecule has 190 valence electrons. The number of carbonyl (C=O) groups is 2. The molecule has 1 amide bonds. The Bertz CT molecular complexity index is 1170. The molecule has 2 aromatic rings. The zero-order valence-electron chi connectivity index (χ0n) is 18.8. The van der Waals surface area contributed by atoms with E-state index in [9.17, 15) is 41.0 Å². The maximum absolute atomic E-state index is 13.1. The topological polar surface area (TPSA) is 74.6 Å². The lowest BCUT2D eigenvalue weighted by Gasteiger charge is -2.51. The molecule has 4 rings (SSSR count). The van der Waals surface area contributed by atoms with E-state index in [1.165, 1.54) is 15.5 Å². The summed E-state index contributed by atoms with van der Waals surface area (Å²) in [6, 6.07) is 5.17. The van der Waals surface area contributed by atoms with Gasteiger partial charge < -0.3 is 14.6 Å². The zero-order valence-corrected chi connectivity index (χ0v) is 18.8. The van der Waals surface area contributed by atoms with Gasteiger partial charge in [0.1, 0.15) is 5.75 Å². The average molecular weight is 503 g/mol. The molecule has 1 aromatic heterocycles. The fourth-order valence-corrected chi connectivity index (χ4v) is 5.10. The van der Waals surface area contributed by atoms with E-state index in [0.29, 0.717) is 11.8 Å². The van der Waals surface area contributed by atoms with Crippen molar-refractivity contribution in [3.63, 3.8) is 0 Å². The normalized spacial score (nSPS) is 19.5. The summed E-state index contributed by atoms with van der Waals surface area (Å²) in [4.78, 5) is 26.3. The third-order valence-electron chi connectivity index (χ3n) is 6.55. The number of carbonyl (C=O) groups excluding carboxylic acids is 2. The molecule has 1 aromatic carbocycles. The number of hydrogen-bond acceptors (Lipinski definition) is 4. The Kier molecular flexibility index (Phi) is 5.74. The number of likely N-dealkylation sites (tertiary alicyclic amines) is 1. The van der Waals surface area contributed by atoms with Crippen LogP contribution in [-0.4, -0.2) is 51.1 Å². The fraction of sp³-hybridized carbons (Fsp3) is 0.478. The molecule has 0 aliphatic carbocycles. The zero-order chi connectivity index (χ0) is 26.0. The van der Waals surface area contributed by atoms with Crippen LogP contribution in [0.25, 0.3) is 0 Å². The molecule has 1 saturated heterocycles. The van der Waals surface area contributed by atoms with Crippen LogP contribution in [0.1, 0.15) is 58.8 Å². The van der Waals surface area contributed by atoms with Crippen LogP contribution in [-0.2, 0) is 18.3 Å². The first-order chi connectivity index (χ1) is 16.0. The standard InChI is InChI=1S/C23H23F6N3O3/c1-20(2)12-32-15(18(34)23(27,28)29)4-6-17(32)21(30-20)7-9-31(10-8-21)19(35)13-3-5-16(33)14(11-13)22(24,25)26/h3-6,11,30,33H,7-10,12H2,1-2H3. The molecule has 0 atom stereocenters. The van der Waals surface area contributed by atoms with Crippen LogP contribution >= 0.6 is 0 Å². The number of aromatic nitrogens is 1. The molecule has 6 nitrogen and oxygen atoms in total. The predicted octanol–water partition coefficient (Wildman–Crippen LogP) is 4.47. The lowest BCUT2D eigenvalue weighted by atomic mass is 9.79. The summed E-state index contributed by atoms with van der Waals surface area (Å²) in [6.07, 6.45) is -9.31. The Hall–Kier alpha value is -3.02. The van der Waals surface area contributed by atoms with E-state index in [0.717, 1.165) is 18.2 Å². The number of nitrogens with zero attached hydrogens (tertiary/aromatic N) is 2. The Morgan fingerprint density at radius 1 is 1.00 bits per heavy atom. The number of phenols is 1. The second-order valence-electron chi connectivity index (χ2n) is 9.63. The minimum atomic E-state index is -5.02. The maximum atomic E-state index is 13.1. The Labute approximate surface area is 196 Å². The molecule has 2 aliphatic heterocycles. The number of ketones is 1. The highest BCUT2D eigenvalue weighted by Crippen LogP contribution is 2.41. The van der Waals surface area contributed by atoms with E-state index in [1.54, 1.807) is 13.8 Å². The van der Waals surface area contributed by atoms with Crippen LogP contribution in [0.5, 0.6) is 5.75 Å². The molecule has 1 spiro atoms. The van der Waals surface area contributed by atoms with Gasteiger partial charge in [0, 0.05) is 36.4 Å². The van der Waals surface area contributed by atoms with Gasteiger partial charge in [0.05, 0.1) is 16.8 Å². The van der Waals surface area contributed by atoms with E-state index in [-0.39, 0.29) is 38.0 Å². The van der Waals surface area contributed by atoms with E-state index >= 15 is 0 Å². The van der Waals surface area contributed by atoms with Crippen molar-refractivity contribution in [1.82, 2.24) is 14.8 Å². The van der Waals surface area contributed by atoms with Crippen LogP contribution in [0.3, 0.4) is 0 Å². The van der Waals surface area contributed by atoms with Gasteiger partial charge in [0.25, 0.3) is 11.7 Å². The number of piperidine rings is 1. The number of halogens is 6. The monoisotopic (exact) mass is 503 g/mol. The SMILES string of the molecule is CC1(C)Cn2c(C(=O)C(F)(F)F)ccc2C2(CCN(C(=O)c3ccc(O)c(C(F)(F)F)c3)CC2)N1. The van der Waals surface area contributed by atoms with Gasteiger partial charge >= 0.3 is 12.4 Å². The van der Waals surface area contributed by atoms with Crippen molar-refractivity contribution in [1.29, 1.82) is 0 Å². The Morgan fingerprint density at radius 3 is 2.20 bits per heavy atom. The molecular weight excluding hydrogens is 480 g/mol. The lowest BCUT2D eigenvalue weighted by Crippen LogP contribution is -2.63. The summed E-state index contributed by atoms with van der Waals surface area (Å²) in [7, 11) is 0. The second kappa shape index (κ2) is 8.00. The summed E-state index contributed by atoms with van der Waals surface area (Å²) in [5.74, 6) is -3.56. The van der Waals surface area contributed by atoms with Crippen LogP contribution < -0.4 is 5.32 Å². The van der Waals surface area contributed by atoms with E-state index in [1.807, 2.05) is 0 Å². The first kappa shape index (κ1) is 25.1. The minimum absolute atomic E-state index is 0.123. The van der Waals surface area contributed by atoms with Gasteiger partial charge in [-0.15, -0.1) is 0 Å². The van der Waals surface area contributed by atoms with Gasteiger partial charge in [-0.05, 0) is 57.0 Å². The summed E-state index contributed by atoms with van der Waals surface area (Å²) >= 11 is 0. The number of alkyl halides is 6. The molecule has 2 N–H and O–H groups in total. The first-order valence-electron chi connectivity index (χ1n) is 10.8. The molecule has 0 saturated carbocycles. The molecule has 0 unspecified atom stereocenters. The number of fused-ring (bicyclic) bond motifs is 2. The number of amides is 1. The smallest absolute Gasteiger partial charge is 0.456 e. The molecule has 0 radical (unpaired) electrons. The van der Waals surface area contributed by atoms with Gasteiger partial charge in [0.15, 0.2) is 0 Å². The van der Waals surface area contributed by atoms with Crippen molar-refractivity contribution < 1.29 is 41.0 Å². The summed E-state index contributed by atoms with van der Waals surface area (Å²) in [6.45, 7) is 3.97. The summed E-state index contributed by atoms with van der Waals surface area (Å²) in [5.41, 5.74) is -2.99. The average Bonchev–Trinajstić information content (AvgIpc) is 3.15. The van der Waals surface area contributed by atoms with Crippen LogP contribution in [0.2, 0.25) is 0 Å². The number of nitrogens with one attached hydrogen (secondary N) is 1. The van der Waals surface area contributed by atoms with Crippen molar-refractivity contribution in [2.45, 2.75) is 56.7 Å². The van der Waals surface area contributed by atoms with Crippen LogP contribution in [0.15, 0.2) is 30.3 Å². The number of benzene rings is 1. The largest absolute Gasteiger partial charge is 0.507 e. The van der Waals surface area contributed by atoms with Crippen molar-refractivity contribution >= 4 is 11.7 Å². The number of aromatic hydroxyl groups is 1. The van der Waals surface area contributed by atoms with Crippen molar-refractivity contribution in [3.8, 4) is 5.75 Å². The number of phenolic OH excluding ortho intramolecular Hbond substituents is 1. The predicted molar refractivity (Wildman–Crippen MR) is 112 cm³/mol. The molecule has 35 heavy (non-hydrogen) atoms. The van der Waals surface area contributed by atoms with Gasteiger partial charge in [0.2, 0.25) is 0 Å². The molecule has 12 heteroatoms. The lowest BCUT2D eigenvalue weighted by molar-refractivity contribution is -0.138. The molecule has 1 fully saturated rings. The molecule has 3 heterocycles. The van der Waals surface area contributed by atoms with Crippen LogP contribution in [0, 0.1) is 0 Å². The highest BCUT2D eigenvalue weighted by Gasteiger charge is 2.49. The Balaban J connectivity index is 1.60. The van der Waals surface area contributed by atoms with Gasteiger partial charge in [-0.3, -0.25) is 14.9 Å². The van der Waals surface area contributed by atoms with Crippen LogP contribution in [0.4, 0.5) is 26.3 Å². The quantitative estimate of drug-likeness (QED) is 0.469. The summed E-state index contributed by atoms with van der Waals surface area (Å²) in [5, 5.41) is 13.0. The van der Waals surface area contributed by atoms with Crippen molar-refractivity contribution in [2.24, 2.45) is 0 Å². The highest BCUT2D eigenvalue weighted by atomic mass is 19.4. The first-order valence-corrected chi connectivity index (χ1v) is 10.8. The van der Waals surface area contributed by atoms with E-state index in [4.69, 9.17) is 0 Å². The van der Waals surface area contributed by atoms with Crippen molar-refractivity contribution in [3.05, 3.63) is 52.8 Å². The summed E-state index contributed by atoms with van der Waals surface area (Å²) < 4.78 is 80.1. The van der Waals surface area contributed by atoms with E-state index < -0.39 is 52.1 Å². The number of rotatable bonds is 2. The van der Waals surface area contributed by atoms with Gasteiger partial charge in [-0.2, -0.15) is 26.3 Å². The number of hydrogen-bond donors (Lipinski definition) is 2. The van der Waals surface area contributed by atoms with Gasteiger partial charge in [-0.25, -0.2) is 0 Å². The minimum Gasteiger partial charge on any atom is -0.507 e. The number of Topliss-reactive ketones (excluding diaryl/α,β-unsaturated/α-hetero) is 1. The third-order valence-corrected chi connectivity index (χ3v) is 6.55. The third kappa shape index (κ3) is 4.51. The highest BCUT2D eigenvalue weighted by molar-refractivity contribution is 5.99. The van der Waals surface area contributed by atoms with Gasteiger partial charge in [-0.1, -0.05) is 0 Å². The molecule has 2 aliphatic rings.